The Hall–Kier alpha value is -0.570. The highest BCUT2D eigenvalue weighted by Gasteiger charge is 2.05. The number of hydrogen-bond donors (Lipinski definition) is 1. The first kappa shape index (κ1) is 9.43. The van der Waals surface area contributed by atoms with E-state index >= 15 is 0 Å². The van der Waals surface area contributed by atoms with Gasteiger partial charge in [0.15, 0.2) is 0 Å². The van der Waals surface area contributed by atoms with Crippen LogP contribution in [0.3, 0.4) is 0 Å². The van der Waals surface area contributed by atoms with E-state index in [9.17, 15) is 4.79 Å². The lowest BCUT2D eigenvalue weighted by atomic mass is 10.3. The summed E-state index contributed by atoms with van der Waals surface area (Å²) in [5.41, 5.74) is 0. The van der Waals surface area contributed by atoms with Crippen LogP contribution < -0.4 is 0 Å². The average molecular weight is 145 g/mol. The van der Waals surface area contributed by atoms with E-state index < -0.39 is 12.1 Å². The van der Waals surface area contributed by atoms with E-state index in [1.807, 2.05) is 6.92 Å². The lowest BCUT2D eigenvalue weighted by Crippen LogP contribution is -2.14. The van der Waals surface area contributed by atoms with Gasteiger partial charge in [-0.25, -0.2) is 0 Å². The first-order valence-corrected chi connectivity index (χ1v) is 3.33. The van der Waals surface area contributed by atoms with Crippen molar-refractivity contribution in [3.05, 3.63) is 6.92 Å². The zero-order valence-electron chi connectivity index (χ0n) is 6.17. The topological polar surface area (TPSA) is 46.5 Å². The predicted molar refractivity (Wildman–Crippen MR) is 37.6 cm³/mol. The summed E-state index contributed by atoms with van der Waals surface area (Å²) in [5.74, 6) is -0.865. The lowest BCUT2D eigenvalue weighted by Gasteiger charge is -2.08. The molecule has 3 heteroatoms. The van der Waals surface area contributed by atoms with Crippen LogP contribution in [0.1, 0.15) is 19.8 Å². The quantitative estimate of drug-likeness (QED) is 0.629. The SMILES string of the molecule is [CH2]C(CC(=O)O)OCCC. The van der Waals surface area contributed by atoms with Gasteiger partial charge < -0.3 is 9.84 Å². The van der Waals surface area contributed by atoms with Crippen molar-refractivity contribution in [3.8, 4) is 0 Å². The monoisotopic (exact) mass is 145 g/mol. The summed E-state index contributed by atoms with van der Waals surface area (Å²) in [5, 5.41) is 8.26. The average Bonchev–Trinajstić information content (AvgIpc) is 1.82. The molecule has 59 valence electrons. The van der Waals surface area contributed by atoms with E-state index in [2.05, 4.69) is 6.92 Å². The standard InChI is InChI=1S/C7H13O3/c1-3-4-10-6(2)5-7(8)9/h6H,2-5H2,1H3,(H,8,9). The van der Waals surface area contributed by atoms with Crippen molar-refractivity contribution in [1.29, 1.82) is 0 Å². The smallest absolute Gasteiger partial charge is 0.305 e. The Morgan fingerprint density at radius 3 is 2.80 bits per heavy atom. The van der Waals surface area contributed by atoms with Crippen LogP contribution in [0, 0.1) is 6.92 Å². The fourth-order valence-corrected chi connectivity index (χ4v) is 0.538. The van der Waals surface area contributed by atoms with Crippen LogP contribution in [0.25, 0.3) is 0 Å². The molecule has 1 radical (unpaired) electrons. The summed E-state index contributed by atoms with van der Waals surface area (Å²) in [4.78, 5) is 10.1. The number of rotatable bonds is 5. The first-order valence-electron chi connectivity index (χ1n) is 3.33. The Balaban J connectivity index is 3.25. The van der Waals surface area contributed by atoms with Crippen LogP contribution >= 0.6 is 0 Å². The van der Waals surface area contributed by atoms with Crippen LogP contribution in [0.4, 0.5) is 0 Å². The molecule has 0 aliphatic carbocycles. The number of hydrogen-bond acceptors (Lipinski definition) is 2. The van der Waals surface area contributed by atoms with Gasteiger partial charge in [-0.1, -0.05) is 6.92 Å². The Morgan fingerprint density at radius 2 is 2.40 bits per heavy atom. The predicted octanol–water partition coefficient (Wildman–Crippen LogP) is 1.09. The first-order chi connectivity index (χ1) is 4.66. The second-order valence-electron chi connectivity index (χ2n) is 2.09. The van der Waals surface area contributed by atoms with E-state index in [4.69, 9.17) is 9.84 Å². The number of aliphatic carboxylic acids is 1. The van der Waals surface area contributed by atoms with E-state index in [1.165, 1.54) is 0 Å². The Kier molecular flexibility index (Phi) is 4.94. The molecule has 0 saturated carbocycles. The Morgan fingerprint density at radius 1 is 1.80 bits per heavy atom. The zero-order valence-corrected chi connectivity index (χ0v) is 6.17. The summed E-state index contributed by atoms with van der Waals surface area (Å²) in [6.07, 6.45) is 0.475. The third-order valence-corrected chi connectivity index (χ3v) is 0.960. The minimum atomic E-state index is -0.865. The van der Waals surface area contributed by atoms with Crippen molar-refractivity contribution >= 4 is 5.97 Å². The van der Waals surface area contributed by atoms with Crippen molar-refractivity contribution in [2.75, 3.05) is 6.61 Å². The van der Waals surface area contributed by atoms with Crippen molar-refractivity contribution in [3.63, 3.8) is 0 Å². The van der Waals surface area contributed by atoms with Gasteiger partial charge in [0, 0.05) is 6.61 Å². The molecule has 0 spiro atoms. The molecule has 0 saturated heterocycles. The van der Waals surface area contributed by atoms with Gasteiger partial charge in [-0.15, -0.1) is 0 Å². The second kappa shape index (κ2) is 5.23. The van der Waals surface area contributed by atoms with Gasteiger partial charge in [-0.2, -0.15) is 0 Å². The molecule has 0 amide bonds. The molecule has 0 fully saturated rings. The maximum Gasteiger partial charge on any atom is 0.305 e. The number of carboxylic acid groups (broad SMARTS) is 1. The summed E-state index contributed by atoms with van der Waals surface area (Å²) in [6.45, 7) is 6.06. The molecule has 1 atom stereocenters. The summed E-state index contributed by atoms with van der Waals surface area (Å²) in [7, 11) is 0. The molecule has 1 N–H and O–H groups in total. The molecule has 0 aliphatic heterocycles. The molecule has 0 aromatic heterocycles. The fourth-order valence-electron chi connectivity index (χ4n) is 0.538. The van der Waals surface area contributed by atoms with Crippen molar-refractivity contribution in [2.45, 2.75) is 25.9 Å². The molecule has 0 aromatic rings. The number of carbonyl (C=O) groups is 1. The maximum atomic E-state index is 10.1. The number of carboxylic acids is 1. The molecular formula is C7H13O3. The van der Waals surface area contributed by atoms with Gasteiger partial charge in [-0.05, 0) is 13.3 Å². The minimum Gasteiger partial charge on any atom is -0.481 e. The van der Waals surface area contributed by atoms with E-state index in [0.29, 0.717) is 6.61 Å². The Bertz CT molecular complexity index is 101. The van der Waals surface area contributed by atoms with Crippen LogP contribution in [0.5, 0.6) is 0 Å². The molecule has 0 heterocycles. The third kappa shape index (κ3) is 5.56. The minimum absolute atomic E-state index is 0.0139. The van der Waals surface area contributed by atoms with E-state index in [-0.39, 0.29) is 6.42 Å². The molecule has 3 nitrogen and oxygen atoms in total. The molecule has 0 aromatic carbocycles. The summed E-state index contributed by atoms with van der Waals surface area (Å²) in [6, 6.07) is 0. The molecule has 1 unspecified atom stereocenters. The Labute approximate surface area is 61.0 Å². The largest absolute Gasteiger partial charge is 0.481 e. The molecule has 10 heavy (non-hydrogen) atoms. The normalized spacial score (nSPS) is 13.0. The van der Waals surface area contributed by atoms with Crippen LogP contribution in [0.15, 0.2) is 0 Å². The van der Waals surface area contributed by atoms with E-state index in [0.717, 1.165) is 6.42 Å². The van der Waals surface area contributed by atoms with Crippen molar-refractivity contribution < 1.29 is 14.6 Å². The van der Waals surface area contributed by atoms with Crippen LogP contribution in [0.2, 0.25) is 0 Å². The van der Waals surface area contributed by atoms with Gasteiger partial charge in [0.25, 0.3) is 0 Å². The summed E-state index contributed by atoms with van der Waals surface area (Å²) >= 11 is 0. The van der Waals surface area contributed by atoms with Crippen molar-refractivity contribution in [1.82, 2.24) is 0 Å². The van der Waals surface area contributed by atoms with Gasteiger partial charge in [-0.3, -0.25) is 4.79 Å². The van der Waals surface area contributed by atoms with Gasteiger partial charge in [0.1, 0.15) is 0 Å². The summed E-state index contributed by atoms with van der Waals surface area (Å²) < 4.78 is 5.01. The number of ether oxygens (including phenoxy) is 1. The van der Waals surface area contributed by atoms with Crippen molar-refractivity contribution in [2.24, 2.45) is 0 Å². The van der Waals surface area contributed by atoms with Crippen LogP contribution in [-0.2, 0) is 9.53 Å². The highest BCUT2D eigenvalue weighted by atomic mass is 16.5. The van der Waals surface area contributed by atoms with Gasteiger partial charge in [0.05, 0.1) is 12.5 Å². The van der Waals surface area contributed by atoms with Crippen LogP contribution in [-0.4, -0.2) is 23.8 Å². The second-order valence-corrected chi connectivity index (χ2v) is 2.09. The molecule has 0 bridgehead atoms. The van der Waals surface area contributed by atoms with E-state index in [1.54, 1.807) is 0 Å². The third-order valence-electron chi connectivity index (χ3n) is 0.960. The highest BCUT2D eigenvalue weighted by Crippen LogP contribution is 1.96. The molecule has 0 rings (SSSR count). The maximum absolute atomic E-state index is 10.1. The lowest BCUT2D eigenvalue weighted by molar-refractivity contribution is -0.139. The highest BCUT2D eigenvalue weighted by molar-refractivity contribution is 5.67. The van der Waals surface area contributed by atoms with Gasteiger partial charge >= 0.3 is 5.97 Å². The van der Waals surface area contributed by atoms with Gasteiger partial charge in [0.2, 0.25) is 0 Å². The zero-order chi connectivity index (χ0) is 7.98. The molecular weight excluding hydrogens is 132 g/mol. The fraction of sp³-hybridized carbons (Fsp3) is 0.714. The molecule has 0 aliphatic rings.